The van der Waals surface area contributed by atoms with Crippen molar-refractivity contribution in [3.63, 3.8) is 0 Å². The summed E-state index contributed by atoms with van der Waals surface area (Å²) in [6.07, 6.45) is 6.28. The second-order valence-electron chi connectivity index (χ2n) is 6.42. The molecule has 0 spiro atoms. The molecule has 2 fully saturated rings. The minimum absolute atomic E-state index is 0.265. The highest BCUT2D eigenvalue weighted by atomic mass is 32.2. The van der Waals surface area contributed by atoms with Crippen molar-refractivity contribution < 1.29 is 9.53 Å². The summed E-state index contributed by atoms with van der Waals surface area (Å²) in [6.45, 7) is 4.57. The van der Waals surface area contributed by atoms with Crippen molar-refractivity contribution >= 4 is 17.7 Å². The van der Waals surface area contributed by atoms with Gasteiger partial charge >= 0.3 is 0 Å². The first-order chi connectivity index (χ1) is 10.2. The number of carbonyl (C=O) groups excluding carboxylic acids is 1. The molecule has 1 amide bonds. The molecule has 0 aromatic rings. The van der Waals surface area contributed by atoms with Gasteiger partial charge in [0.25, 0.3) is 0 Å². The quantitative estimate of drug-likeness (QED) is 0.747. The van der Waals surface area contributed by atoms with Gasteiger partial charge in [-0.3, -0.25) is 4.79 Å². The van der Waals surface area contributed by atoms with E-state index in [1.165, 1.54) is 5.75 Å². The zero-order chi connectivity index (χ0) is 15.1. The van der Waals surface area contributed by atoms with Crippen LogP contribution in [0.3, 0.4) is 0 Å². The molecule has 0 saturated carbocycles. The molecule has 0 radical (unpaired) electrons. The third-order valence-corrected chi connectivity index (χ3v) is 5.75. The number of nitrogens with two attached hydrogens (primary N) is 1. The van der Waals surface area contributed by atoms with Crippen LogP contribution in [0.15, 0.2) is 0 Å². The van der Waals surface area contributed by atoms with E-state index in [1.807, 2.05) is 11.8 Å². The lowest BCUT2D eigenvalue weighted by atomic mass is 10.0. The van der Waals surface area contributed by atoms with Gasteiger partial charge in [-0.1, -0.05) is 6.92 Å². The number of amides is 1. The molecule has 2 rings (SSSR count). The molecule has 2 aliphatic rings. The Balaban J connectivity index is 1.85. The van der Waals surface area contributed by atoms with E-state index >= 15 is 0 Å². The van der Waals surface area contributed by atoms with Crippen molar-refractivity contribution in [1.82, 2.24) is 4.90 Å². The average molecular weight is 314 g/mol. The van der Waals surface area contributed by atoms with Gasteiger partial charge in [0.05, 0.1) is 6.10 Å². The van der Waals surface area contributed by atoms with E-state index in [1.54, 1.807) is 0 Å². The molecule has 0 aromatic heterocycles. The van der Waals surface area contributed by atoms with Crippen LogP contribution < -0.4 is 5.73 Å². The van der Waals surface area contributed by atoms with Crippen molar-refractivity contribution in [3.8, 4) is 0 Å². The zero-order valence-corrected chi connectivity index (χ0v) is 14.1. The van der Waals surface area contributed by atoms with Crippen molar-refractivity contribution in [3.05, 3.63) is 0 Å². The number of thioether (sulfide) groups is 1. The highest BCUT2D eigenvalue weighted by Crippen LogP contribution is 2.25. The lowest BCUT2D eigenvalue weighted by molar-refractivity contribution is -0.135. The fourth-order valence-corrected chi connectivity index (χ4v) is 4.40. The molecule has 122 valence electrons. The number of nitrogens with zero attached hydrogens (tertiary/aromatic N) is 1. The van der Waals surface area contributed by atoms with E-state index in [4.69, 9.17) is 10.5 Å². The Kier molecular flexibility index (Phi) is 7.34. The number of carbonyl (C=O) groups is 1. The summed E-state index contributed by atoms with van der Waals surface area (Å²) >= 11 is 1.97. The summed E-state index contributed by atoms with van der Waals surface area (Å²) in [4.78, 5) is 14.8. The summed E-state index contributed by atoms with van der Waals surface area (Å²) in [5.41, 5.74) is 5.59. The molecule has 0 aromatic carbocycles. The molecule has 2 aliphatic heterocycles. The highest BCUT2D eigenvalue weighted by Gasteiger charge is 2.30. The van der Waals surface area contributed by atoms with Gasteiger partial charge in [0.1, 0.15) is 0 Å². The van der Waals surface area contributed by atoms with E-state index in [9.17, 15) is 4.79 Å². The Morgan fingerprint density at radius 1 is 1.43 bits per heavy atom. The van der Waals surface area contributed by atoms with Crippen LogP contribution in [0.5, 0.6) is 0 Å². The van der Waals surface area contributed by atoms with Crippen LogP contribution >= 0.6 is 11.8 Å². The first-order valence-electron chi connectivity index (χ1n) is 8.39. The minimum Gasteiger partial charge on any atom is -0.376 e. The van der Waals surface area contributed by atoms with Gasteiger partial charge in [-0.25, -0.2) is 0 Å². The Morgan fingerprint density at radius 2 is 2.29 bits per heavy atom. The van der Waals surface area contributed by atoms with Crippen LogP contribution in [-0.4, -0.2) is 54.2 Å². The topological polar surface area (TPSA) is 55.6 Å². The van der Waals surface area contributed by atoms with Gasteiger partial charge in [0.15, 0.2) is 0 Å². The first kappa shape index (κ1) is 17.1. The van der Waals surface area contributed by atoms with E-state index < -0.39 is 0 Å². The second-order valence-corrected chi connectivity index (χ2v) is 7.57. The van der Waals surface area contributed by atoms with Crippen molar-refractivity contribution in [2.24, 2.45) is 11.7 Å². The van der Waals surface area contributed by atoms with Crippen LogP contribution in [0.25, 0.3) is 0 Å². The van der Waals surface area contributed by atoms with Crippen LogP contribution in [-0.2, 0) is 9.53 Å². The van der Waals surface area contributed by atoms with E-state index in [0.717, 1.165) is 51.0 Å². The van der Waals surface area contributed by atoms with Crippen LogP contribution in [0.2, 0.25) is 0 Å². The molecule has 3 atom stereocenters. The molecule has 2 saturated heterocycles. The molecular weight excluding hydrogens is 284 g/mol. The van der Waals surface area contributed by atoms with Gasteiger partial charge in [0, 0.05) is 31.4 Å². The Labute approximate surface area is 133 Å². The van der Waals surface area contributed by atoms with Crippen molar-refractivity contribution in [2.75, 3.05) is 31.2 Å². The molecule has 0 bridgehead atoms. The zero-order valence-electron chi connectivity index (χ0n) is 13.3. The number of ether oxygens (including phenoxy) is 1. The third-order valence-electron chi connectivity index (χ3n) is 4.60. The van der Waals surface area contributed by atoms with Crippen LogP contribution in [0, 0.1) is 5.92 Å². The summed E-state index contributed by atoms with van der Waals surface area (Å²) in [5, 5.41) is 0. The largest absolute Gasteiger partial charge is 0.376 e. The lowest BCUT2D eigenvalue weighted by Crippen LogP contribution is -2.44. The molecule has 21 heavy (non-hydrogen) atoms. The van der Waals surface area contributed by atoms with E-state index in [-0.39, 0.29) is 6.10 Å². The lowest BCUT2D eigenvalue weighted by Gasteiger charge is -2.31. The van der Waals surface area contributed by atoms with E-state index in [2.05, 4.69) is 11.8 Å². The summed E-state index contributed by atoms with van der Waals surface area (Å²) in [5.74, 6) is 3.14. The fraction of sp³-hybridized carbons (Fsp3) is 0.938. The second kappa shape index (κ2) is 9.01. The Morgan fingerprint density at radius 3 is 2.90 bits per heavy atom. The number of rotatable bonds is 8. The standard InChI is InChI=1S/C16H30N2O2S/c1-13(6-8-17)4-5-16(19)18(14-7-10-21-12-14)11-15-3-2-9-20-15/h13-15H,2-12,17H2,1H3. The average Bonchev–Trinajstić information content (AvgIpc) is 3.15. The summed E-state index contributed by atoms with van der Waals surface area (Å²) in [6, 6.07) is 0.427. The maximum Gasteiger partial charge on any atom is 0.222 e. The predicted molar refractivity (Wildman–Crippen MR) is 88.5 cm³/mol. The SMILES string of the molecule is CC(CCN)CCC(=O)N(CC1CCCO1)C1CCSC1. The normalized spacial score (nSPS) is 27.0. The molecule has 0 aliphatic carbocycles. The van der Waals surface area contributed by atoms with Crippen LogP contribution in [0.4, 0.5) is 0 Å². The minimum atomic E-state index is 0.265. The highest BCUT2D eigenvalue weighted by molar-refractivity contribution is 7.99. The summed E-state index contributed by atoms with van der Waals surface area (Å²) in [7, 11) is 0. The molecule has 4 nitrogen and oxygen atoms in total. The van der Waals surface area contributed by atoms with Gasteiger partial charge in [-0.2, -0.15) is 11.8 Å². The number of hydrogen-bond donors (Lipinski definition) is 1. The number of hydrogen-bond acceptors (Lipinski definition) is 4. The maximum atomic E-state index is 12.7. The molecule has 2 N–H and O–H groups in total. The molecular formula is C16H30N2O2S. The van der Waals surface area contributed by atoms with Crippen LogP contribution in [0.1, 0.15) is 45.4 Å². The molecule has 5 heteroatoms. The Bertz CT molecular complexity index is 315. The Hall–Kier alpha value is -0.260. The monoisotopic (exact) mass is 314 g/mol. The summed E-state index contributed by atoms with van der Waals surface area (Å²) < 4.78 is 5.74. The van der Waals surface area contributed by atoms with Crippen molar-refractivity contribution in [2.45, 2.75) is 57.6 Å². The predicted octanol–water partition coefficient (Wildman–Crippen LogP) is 2.26. The fourth-order valence-electron chi connectivity index (χ4n) is 3.17. The van der Waals surface area contributed by atoms with Gasteiger partial charge in [-0.15, -0.1) is 0 Å². The van der Waals surface area contributed by atoms with E-state index in [0.29, 0.717) is 30.8 Å². The van der Waals surface area contributed by atoms with Crippen molar-refractivity contribution in [1.29, 1.82) is 0 Å². The first-order valence-corrected chi connectivity index (χ1v) is 9.55. The third kappa shape index (κ3) is 5.46. The van der Waals surface area contributed by atoms with Gasteiger partial charge < -0.3 is 15.4 Å². The van der Waals surface area contributed by atoms with Gasteiger partial charge in [0.2, 0.25) is 5.91 Å². The maximum absolute atomic E-state index is 12.7. The molecule has 3 unspecified atom stereocenters. The smallest absolute Gasteiger partial charge is 0.222 e. The van der Waals surface area contributed by atoms with Gasteiger partial charge in [-0.05, 0) is 50.3 Å². The molecule has 2 heterocycles.